The molecule has 0 amide bonds. The third-order valence-corrected chi connectivity index (χ3v) is 3.02. The number of hydrogen-bond acceptors (Lipinski definition) is 1. The zero-order valence-corrected chi connectivity index (χ0v) is 12.5. The van der Waals surface area contributed by atoms with Gasteiger partial charge < -0.3 is 4.74 Å². The van der Waals surface area contributed by atoms with E-state index in [1.807, 2.05) is 6.92 Å². The average Bonchev–Trinajstić information content (AvgIpc) is 2.33. The minimum absolute atomic E-state index is 0.000309. The summed E-state index contributed by atoms with van der Waals surface area (Å²) in [6.07, 6.45) is 1.25. The molecule has 0 spiro atoms. The first-order valence-electron chi connectivity index (χ1n) is 6.01. The number of ether oxygens (including phenoxy) is 1. The summed E-state index contributed by atoms with van der Waals surface area (Å²) in [6.45, 7) is 11.2. The summed E-state index contributed by atoms with van der Waals surface area (Å²) in [6, 6.07) is 5.02. The molecule has 1 nitrogen and oxygen atoms in total. The normalized spacial score (nSPS) is 12.7. The number of hydrogen-bond donors (Lipinski definition) is 0. The Bertz CT molecular complexity index is 554. The molecule has 108 valence electrons. The number of rotatable bonds is 5. The summed E-state index contributed by atoms with van der Waals surface area (Å²) in [4.78, 5) is 0. The van der Waals surface area contributed by atoms with Gasteiger partial charge in [0.2, 0.25) is 0 Å². The van der Waals surface area contributed by atoms with Crippen LogP contribution >= 0.6 is 11.6 Å². The maximum Gasteiger partial charge on any atom is 0.293 e. The van der Waals surface area contributed by atoms with Gasteiger partial charge in [0.15, 0.2) is 0 Å². The van der Waals surface area contributed by atoms with E-state index < -0.39 is 5.92 Å². The lowest BCUT2D eigenvalue weighted by atomic mass is 10.0. The topological polar surface area (TPSA) is 9.23 Å². The molecular formula is C16H17ClF2O. The highest BCUT2D eigenvalue weighted by atomic mass is 35.5. The molecule has 0 aliphatic heterocycles. The molecule has 1 aromatic carbocycles. The van der Waals surface area contributed by atoms with Gasteiger partial charge in [-0.05, 0) is 56.2 Å². The van der Waals surface area contributed by atoms with Crippen LogP contribution in [0.2, 0.25) is 5.02 Å². The SMILES string of the molecule is C=CC(Oc1cc(C)cc(Cl)c1)=C(C)C(F)(F)C(=C)C. The van der Waals surface area contributed by atoms with Gasteiger partial charge in [0.1, 0.15) is 11.5 Å². The van der Waals surface area contributed by atoms with Gasteiger partial charge in [0.05, 0.1) is 0 Å². The Balaban J connectivity index is 3.20. The van der Waals surface area contributed by atoms with Crippen LogP contribution in [0.5, 0.6) is 5.75 Å². The second-order valence-electron chi connectivity index (χ2n) is 4.61. The van der Waals surface area contributed by atoms with Gasteiger partial charge in [-0.1, -0.05) is 24.8 Å². The lowest BCUT2D eigenvalue weighted by Crippen LogP contribution is -2.21. The molecule has 0 unspecified atom stereocenters. The summed E-state index contributed by atoms with van der Waals surface area (Å²) in [5.74, 6) is -2.75. The van der Waals surface area contributed by atoms with Gasteiger partial charge in [-0.15, -0.1) is 0 Å². The number of allylic oxidation sites excluding steroid dienone is 3. The summed E-state index contributed by atoms with van der Waals surface area (Å²) in [7, 11) is 0. The molecule has 1 rings (SSSR count). The molecule has 0 fully saturated rings. The molecular weight excluding hydrogens is 282 g/mol. The highest BCUT2D eigenvalue weighted by Gasteiger charge is 2.34. The van der Waals surface area contributed by atoms with Crippen molar-refractivity contribution in [3.63, 3.8) is 0 Å². The van der Waals surface area contributed by atoms with Crippen molar-refractivity contribution in [2.24, 2.45) is 0 Å². The molecule has 0 bridgehead atoms. The molecule has 0 saturated carbocycles. The standard InChI is InChI=1S/C16H17ClF2O/c1-6-15(12(5)16(18,19)10(2)3)20-14-8-11(4)7-13(17)9-14/h6-9H,1-2H2,3-5H3. The second kappa shape index (κ2) is 6.23. The van der Waals surface area contributed by atoms with E-state index in [0.29, 0.717) is 10.8 Å². The van der Waals surface area contributed by atoms with Crippen molar-refractivity contribution in [3.8, 4) is 5.75 Å². The maximum absolute atomic E-state index is 13.9. The van der Waals surface area contributed by atoms with Crippen LogP contribution in [0, 0.1) is 6.92 Å². The van der Waals surface area contributed by atoms with Gasteiger partial charge >= 0.3 is 0 Å². The van der Waals surface area contributed by atoms with Crippen molar-refractivity contribution in [3.05, 3.63) is 64.9 Å². The first kappa shape index (κ1) is 16.4. The fourth-order valence-corrected chi connectivity index (χ4v) is 1.91. The van der Waals surface area contributed by atoms with Crippen molar-refractivity contribution < 1.29 is 13.5 Å². The van der Waals surface area contributed by atoms with Crippen LogP contribution in [0.25, 0.3) is 0 Å². The predicted octanol–water partition coefficient (Wildman–Crippen LogP) is 5.70. The Kier molecular flexibility index (Phi) is 5.12. The number of aryl methyl sites for hydroxylation is 1. The van der Waals surface area contributed by atoms with Gasteiger partial charge in [-0.3, -0.25) is 0 Å². The predicted molar refractivity (Wildman–Crippen MR) is 79.5 cm³/mol. The van der Waals surface area contributed by atoms with E-state index in [9.17, 15) is 8.78 Å². The Morgan fingerprint density at radius 1 is 1.30 bits per heavy atom. The average molecular weight is 299 g/mol. The molecule has 0 aromatic heterocycles. The van der Waals surface area contributed by atoms with Crippen LogP contribution in [0.3, 0.4) is 0 Å². The Hall–Kier alpha value is -1.61. The molecule has 0 aliphatic carbocycles. The maximum atomic E-state index is 13.9. The minimum atomic E-state index is -3.14. The monoisotopic (exact) mass is 298 g/mol. The Morgan fingerprint density at radius 2 is 1.90 bits per heavy atom. The van der Waals surface area contributed by atoms with E-state index in [-0.39, 0.29) is 16.9 Å². The molecule has 20 heavy (non-hydrogen) atoms. The van der Waals surface area contributed by atoms with Crippen molar-refractivity contribution in [1.82, 2.24) is 0 Å². The van der Waals surface area contributed by atoms with Gasteiger partial charge in [0, 0.05) is 10.6 Å². The van der Waals surface area contributed by atoms with Gasteiger partial charge in [0.25, 0.3) is 5.92 Å². The Labute approximate surface area is 123 Å². The molecule has 0 heterocycles. The van der Waals surface area contributed by atoms with E-state index in [4.69, 9.17) is 16.3 Å². The third-order valence-electron chi connectivity index (χ3n) is 2.81. The Morgan fingerprint density at radius 3 is 2.35 bits per heavy atom. The van der Waals surface area contributed by atoms with Crippen molar-refractivity contribution in [1.29, 1.82) is 0 Å². The summed E-state index contributed by atoms with van der Waals surface area (Å²) >= 11 is 5.91. The van der Waals surface area contributed by atoms with E-state index in [2.05, 4.69) is 13.2 Å². The number of alkyl halides is 2. The molecule has 1 aromatic rings. The lowest BCUT2D eigenvalue weighted by Gasteiger charge is -2.20. The van der Waals surface area contributed by atoms with Crippen LogP contribution in [-0.4, -0.2) is 5.92 Å². The highest BCUT2D eigenvalue weighted by Crippen LogP contribution is 2.34. The van der Waals surface area contributed by atoms with Crippen LogP contribution in [-0.2, 0) is 0 Å². The fraction of sp³-hybridized carbons (Fsp3) is 0.250. The smallest absolute Gasteiger partial charge is 0.293 e. The van der Waals surface area contributed by atoms with Crippen LogP contribution < -0.4 is 4.74 Å². The summed E-state index contributed by atoms with van der Waals surface area (Å²) in [5, 5.41) is 0.479. The van der Waals surface area contributed by atoms with Crippen LogP contribution in [0.1, 0.15) is 19.4 Å². The van der Waals surface area contributed by atoms with E-state index in [1.54, 1.807) is 18.2 Å². The summed E-state index contributed by atoms with van der Waals surface area (Å²) in [5.41, 5.74) is 0.387. The van der Waals surface area contributed by atoms with Crippen molar-refractivity contribution in [2.45, 2.75) is 26.7 Å². The summed E-state index contributed by atoms with van der Waals surface area (Å²) < 4.78 is 33.3. The number of halogens is 3. The largest absolute Gasteiger partial charge is 0.457 e. The van der Waals surface area contributed by atoms with Crippen LogP contribution in [0.15, 0.2) is 54.3 Å². The van der Waals surface area contributed by atoms with Crippen LogP contribution in [0.4, 0.5) is 8.78 Å². The van der Waals surface area contributed by atoms with Gasteiger partial charge in [-0.2, -0.15) is 8.78 Å². The molecule has 0 aliphatic rings. The van der Waals surface area contributed by atoms with E-state index in [0.717, 1.165) is 5.56 Å². The molecule has 0 radical (unpaired) electrons. The molecule has 0 saturated heterocycles. The van der Waals surface area contributed by atoms with E-state index >= 15 is 0 Å². The third kappa shape index (κ3) is 3.70. The lowest BCUT2D eigenvalue weighted by molar-refractivity contribution is 0.0796. The molecule has 0 N–H and O–H groups in total. The first-order chi connectivity index (χ1) is 9.18. The quantitative estimate of drug-likeness (QED) is 0.385. The zero-order chi connectivity index (χ0) is 15.5. The first-order valence-corrected chi connectivity index (χ1v) is 6.39. The van der Waals surface area contributed by atoms with E-state index in [1.165, 1.54) is 19.9 Å². The minimum Gasteiger partial charge on any atom is -0.457 e. The zero-order valence-electron chi connectivity index (χ0n) is 11.8. The van der Waals surface area contributed by atoms with Crippen molar-refractivity contribution in [2.75, 3.05) is 0 Å². The molecule has 0 atom stereocenters. The fourth-order valence-electron chi connectivity index (χ4n) is 1.63. The van der Waals surface area contributed by atoms with Crippen molar-refractivity contribution >= 4 is 11.6 Å². The second-order valence-corrected chi connectivity index (χ2v) is 5.05. The number of benzene rings is 1. The highest BCUT2D eigenvalue weighted by molar-refractivity contribution is 6.30. The van der Waals surface area contributed by atoms with Gasteiger partial charge in [-0.25, -0.2) is 0 Å². The molecule has 4 heteroatoms.